The van der Waals surface area contributed by atoms with Gasteiger partial charge in [0.2, 0.25) is 0 Å². The number of anilines is 1. The third-order valence-corrected chi connectivity index (χ3v) is 5.70. The number of aryl methyl sites for hydroxylation is 1. The van der Waals surface area contributed by atoms with Crippen LogP contribution in [-0.4, -0.2) is 46.4 Å². The number of thiazole rings is 1. The van der Waals surface area contributed by atoms with Gasteiger partial charge >= 0.3 is 0 Å². The minimum absolute atomic E-state index is 0.0971. The van der Waals surface area contributed by atoms with Gasteiger partial charge in [0, 0.05) is 49.6 Å². The lowest BCUT2D eigenvalue weighted by atomic mass is 10.1. The minimum atomic E-state index is 0.0971. The zero-order valence-electron chi connectivity index (χ0n) is 13.9. The average Bonchev–Trinajstić information content (AvgIpc) is 3.20. The number of piperazine rings is 1. The van der Waals surface area contributed by atoms with E-state index in [2.05, 4.69) is 41.9 Å². The Hall–Kier alpha value is -2.34. The van der Waals surface area contributed by atoms with Gasteiger partial charge in [0.25, 0.3) is 5.91 Å². The van der Waals surface area contributed by atoms with Crippen LogP contribution in [0.25, 0.3) is 4.96 Å². The van der Waals surface area contributed by atoms with Crippen molar-refractivity contribution in [2.45, 2.75) is 13.8 Å². The Labute approximate surface area is 145 Å². The third kappa shape index (κ3) is 2.47. The number of amides is 1. The molecule has 0 radical (unpaired) electrons. The average molecular weight is 340 g/mol. The van der Waals surface area contributed by atoms with Crippen molar-refractivity contribution < 1.29 is 4.79 Å². The van der Waals surface area contributed by atoms with Crippen LogP contribution in [0.4, 0.5) is 5.69 Å². The molecule has 0 saturated carbocycles. The van der Waals surface area contributed by atoms with Crippen LogP contribution in [0.5, 0.6) is 0 Å². The molecule has 1 saturated heterocycles. The summed E-state index contributed by atoms with van der Waals surface area (Å²) in [6, 6.07) is 6.43. The predicted octanol–water partition coefficient (Wildman–Crippen LogP) is 2.98. The molecule has 0 spiro atoms. The first kappa shape index (κ1) is 15.2. The fourth-order valence-corrected chi connectivity index (χ4v) is 4.10. The highest BCUT2D eigenvalue weighted by molar-refractivity contribution is 7.15. The topological polar surface area (TPSA) is 40.8 Å². The molecular formula is C18H20N4OS. The van der Waals surface area contributed by atoms with E-state index < -0.39 is 0 Å². The molecular weight excluding hydrogens is 320 g/mol. The molecule has 1 amide bonds. The van der Waals surface area contributed by atoms with Crippen LogP contribution in [0.2, 0.25) is 0 Å². The number of aromatic nitrogens is 2. The van der Waals surface area contributed by atoms with E-state index in [1.54, 1.807) is 6.20 Å². The first-order chi connectivity index (χ1) is 11.6. The van der Waals surface area contributed by atoms with Crippen molar-refractivity contribution in [1.82, 2.24) is 14.3 Å². The first-order valence-corrected chi connectivity index (χ1v) is 9.04. The molecule has 1 aliphatic heterocycles. The molecule has 4 rings (SSSR count). The lowest BCUT2D eigenvalue weighted by Gasteiger charge is -2.37. The summed E-state index contributed by atoms with van der Waals surface area (Å²) < 4.78 is 1.88. The van der Waals surface area contributed by atoms with Crippen LogP contribution >= 0.6 is 11.3 Å². The fourth-order valence-electron chi connectivity index (χ4n) is 3.27. The van der Waals surface area contributed by atoms with Gasteiger partial charge in [0.1, 0.15) is 5.69 Å². The quantitative estimate of drug-likeness (QED) is 0.720. The van der Waals surface area contributed by atoms with Crippen molar-refractivity contribution in [3.63, 3.8) is 0 Å². The van der Waals surface area contributed by atoms with Gasteiger partial charge in [0.15, 0.2) is 4.96 Å². The summed E-state index contributed by atoms with van der Waals surface area (Å²) in [5.74, 6) is 0.0971. The number of hydrogen-bond donors (Lipinski definition) is 0. The van der Waals surface area contributed by atoms with Crippen molar-refractivity contribution in [1.29, 1.82) is 0 Å². The Kier molecular flexibility index (Phi) is 3.76. The molecule has 3 heterocycles. The summed E-state index contributed by atoms with van der Waals surface area (Å²) in [5.41, 5.74) is 4.64. The molecule has 1 aliphatic rings. The number of carbonyl (C=O) groups is 1. The highest BCUT2D eigenvalue weighted by atomic mass is 32.1. The van der Waals surface area contributed by atoms with E-state index in [4.69, 9.17) is 0 Å². The molecule has 0 N–H and O–H groups in total. The van der Waals surface area contributed by atoms with Crippen LogP contribution in [-0.2, 0) is 0 Å². The zero-order chi connectivity index (χ0) is 16.7. The SMILES string of the molecule is Cc1cccc(N2CCN(C(=O)c3csc4nccn34)CC2)c1C. The normalized spacial score (nSPS) is 15.2. The highest BCUT2D eigenvalue weighted by Gasteiger charge is 2.25. The standard InChI is InChI=1S/C18H20N4OS/c1-13-4-3-5-15(14(13)2)20-8-10-21(11-9-20)17(23)16-12-24-18-19-6-7-22(16)18/h3-7,12H,8-11H2,1-2H3. The lowest BCUT2D eigenvalue weighted by Crippen LogP contribution is -2.49. The number of hydrogen-bond acceptors (Lipinski definition) is 4. The minimum Gasteiger partial charge on any atom is -0.368 e. The van der Waals surface area contributed by atoms with Gasteiger partial charge in [-0.05, 0) is 31.0 Å². The maximum atomic E-state index is 12.8. The molecule has 0 unspecified atom stereocenters. The fraction of sp³-hybridized carbons (Fsp3) is 0.333. The molecule has 1 fully saturated rings. The second-order valence-corrected chi connectivity index (χ2v) is 7.04. The number of benzene rings is 1. The smallest absolute Gasteiger partial charge is 0.271 e. The number of rotatable bonds is 2. The Bertz CT molecular complexity index is 889. The van der Waals surface area contributed by atoms with Crippen molar-refractivity contribution in [2.75, 3.05) is 31.1 Å². The number of carbonyl (C=O) groups excluding carboxylic acids is 1. The summed E-state index contributed by atoms with van der Waals surface area (Å²) in [5, 5.41) is 1.90. The molecule has 1 aromatic carbocycles. The van der Waals surface area contributed by atoms with Crippen molar-refractivity contribution in [2.24, 2.45) is 0 Å². The van der Waals surface area contributed by atoms with E-state index in [1.165, 1.54) is 28.2 Å². The highest BCUT2D eigenvalue weighted by Crippen LogP contribution is 2.24. The maximum Gasteiger partial charge on any atom is 0.271 e. The second kappa shape index (κ2) is 5.94. The van der Waals surface area contributed by atoms with Crippen molar-refractivity contribution in [3.05, 3.63) is 52.8 Å². The van der Waals surface area contributed by atoms with E-state index >= 15 is 0 Å². The largest absolute Gasteiger partial charge is 0.368 e. The Morgan fingerprint density at radius 2 is 1.96 bits per heavy atom. The molecule has 0 aliphatic carbocycles. The summed E-state index contributed by atoms with van der Waals surface area (Å²) in [6.07, 6.45) is 3.59. The van der Waals surface area contributed by atoms with Gasteiger partial charge < -0.3 is 9.80 Å². The van der Waals surface area contributed by atoms with E-state index in [0.29, 0.717) is 5.69 Å². The van der Waals surface area contributed by atoms with E-state index in [1.807, 2.05) is 20.9 Å². The summed E-state index contributed by atoms with van der Waals surface area (Å²) in [6.45, 7) is 7.55. The molecule has 6 heteroatoms. The van der Waals surface area contributed by atoms with Crippen molar-refractivity contribution >= 4 is 27.9 Å². The third-order valence-electron chi connectivity index (χ3n) is 4.85. The summed E-state index contributed by atoms with van der Waals surface area (Å²) in [4.78, 5) is 22.2. The molecule has 0 bridgehead atoms. The number of imidazole rings is 1. The van der Waals surface area contributed by atoms with Gasteiger partial charge in [-0.2, -0.15) is 0 Å². The first-order valence-electron chi connectivity index (χ1n) is 8.16. The molecule has 124 valence electrons. The second-order valence-electron chi connectivity index (χ2n) is 6.20. The Morgan fingerprint density at radius 1 is 1.17 bits per heavy atom. The van der Waals surface area contributed by atoms with Crippen LogP contribution in [0.1, 0.15) is 21.6 Å². The van der Waals surface area contributed by atoms with Gasteiger partial charge in [-0.1, -0.05) is 12.1 Å². The van der Waals surface area contributed by atoms with Gasteiger partial charge in [-0.15, -0.1) is 11.3 Å². The summed E-state index contributed by atoms with van der Waals surface area (Å²) in [7, 11) is 0. The van der Waals surface area contributed by atoms with Crippen LogP contribution in [0.3, 0.4) is 0 Å². The van der Waals surface area contributed by atoms with Gasteiger partial charge in [-0.3, -0.25) is 9.20 Å². The number of fused-ring (bicyclic) bond motifs is 1. The van der Waals surface area contributed by atoms with Crippen LogP contribution in [0.15, 0.2) is 36.0 Å². The van der Waals surface area contributed by atoms with E-state index in [-0.39, 0.29) is 5.91 Å². The maximum absolute atomic E-state index is 12.8. The molecule has 2 aromatic heterocycles. The monoisotopic (exact) mass is 340 g/mol. The Morgan fingerprint density at radius 3 is 2.75 bits per heavy atom. The van der Waals surface area contributed by atoms with Crippen LogP contribution < -0.4 is 4.90 Å². The Balaban J connectivity index is 1.49. The molecule has 0 atom stereocenters. The molecule has 5 nitrogen and oxygen atoms in total. The number of nitrogens with zero attached hydrogens (tertiary/aromatic N) is 4. The molecule has 3 aromatic rings. The van der Waals surface area contributed by atoms with Gasteiger partial charge in [0.05, 0.1) is 0 Å². The summed E-state index contributed by atoms with van der Waals surface area (Å²) >= 11 is 1.51. The molecule has 24 heavy (non-hydrogen) atoms. The van der Waals surface area contributed by atoms with Crippen LogP contribution in [0, 0.1) is 13.8 Å². The van der Waals surface area contributed by atoms with E-state index in [9.17, 15) is 4.79 Å². The van der Waals surface area contributed by atoms with E-state index in [0.717, 1.165) is 31.1 Å². The van der Waals surface area contributed by atoms with Gasteiger partial charge in [-0.25, -0.2) is 4.98 Å². The predicted molar refractivity (Wildman–Crippen MR) is 97.1 cm³/mol. The zero-order valence-corrected chi connectivity index (χ0v) is 14.7. The lowest BCUT2D eigenvalue weighted by molar-refractivity contribution is 0.0740. The van der Waals surface area contributed by atoms with Crippen molar-refractivity contribution in [3.8, 4) is 0 Å².